The van der Waals surface area contributed by atoms with E-state index in [9.17, 15) is 39.6 Å². The van der Waals surface area contributed by atoms with Crippen LogP contribution in [-0.4, -0.2) is 23.9 Å². The summed E-state index contributed by atoms with van der Waals surface area (Å²) < 4.78 is 11.1. The molecular weight excluding hydrogens is 942 g/mol. The number of carbonyl (C=O) groups excluding carboxylic acids is 4. The van der Waals surface area contributed by atoms with Crippen LogP contribution in [0.4, 0.5) is 0 Å². The Labute approximate surface area is 361 Å². The molecule has 4 unspecified atom stereocenters. The van der Waals surface area contributed by atoms with E-state index in [4.69, 9.17) is 8.83 Å². The number of carbonyl (C=O) groups is 4. The van der Waals surface area contributed by atoms with Gasteiger partial charge in [0.15, 0.2) is 11.5 Å². The largest absolute Gasteiger partial charge is 2.00 e. The van der Waals surface area contributed by atoms with Crippen LogP contribution in [0.25, 0.3) is 0 Å². The van der Waals surface area contributed by atoms with E-state index in [1.807, 2.05) is 0 Å². The van der Waals surface area contributed by atoms with Crippen LogP contribution in [-0.2, 0) is 63.5 Å². The van der Waals surface area contributed by atoms with Crippen LogP contribution in [0.2, 0.25) is 0 Å². The van der Waals surface area contributed by atoms with Crippen LogP contribution >= 0.6 is 0 Å². The number of hydrogen-bond acceptors (Lipinski definition) is 10. The van der Waals surface area contributed by atoms with Gasteiger partial charge >= 0.3 is 37.8 Å². The number of hydrogen-bond donors (Lipinski definition) is 0. The molecule has 0 spiro atoms. The standard InChI is InChI=1S/2C22H36O5.Co.Pt/c2*1-5-9-11-15(7-3)13-17-18(14-16(8-4)12-10-6-2)27-20(22(25)26)19(17)21(23)24;;/h2*15-16H,5-14H2,1-4H3,(H,23,24)(H,25,26);;/q;;2*+2/p-4. The first-order valence-electron chi connectivity index (χ1n) is 20.9. The summed E-state index contributed by atoms with van der Waals surface area (Å²) in [6, 6.07) is 0. The van der Waals surface area contributed by atoms with Crippen molar-refractivity contribution in [1.29, 1.82) is 0 Å². The fourth-order valence-corrected chi connectivity index (χ4v) is 7.38. The minimum atomic E-state index is -1.59. The van der Waals surface area contributed by atoms with Crippen molar-refractivity contribution in [2.24, 2.45) is 23.7 Å². The third-order valence-electron chi connectivity index (χ3n) is 11.1. The van der Waals surface area contributed by atoms with E-state index in [-0.39, 0.29) is 49.0 Å². The number of rotatable bonds is 28. The van der Waals surface area contributed by atoms with Crippen LogP contribution < -0.4 is 20.4 Å². The average Bonchev–Trinajstić information content (AvgIpc) is 3.70. The van der Waals surface area contributed by atoms with Gasteiger partial charge in [-0.1, -0.05) is 158 Å². The van der Waals surface area contributed by atoms with Gasteiger partial charge in [0.25, 0.3) is 0 Å². The van der Waals surface area contributed by atoms with Crippen molar-refractivity contribution < 1.29 is 86.3 Å². The monoisotopic (exact) mass is 1010 g/mol. The van der Waals surface area contributed by atoms with Crippen molar-refractivity contribution in [1.82, 2.24) is 0 Å². The molecule has 0 aliphatic rings. The van der Waals surface area contributed by atoms with Crippen molar-refractivity contribution in [2.45, 2.75) is 184 Å². The first-order chi connectivity index (χ1) is 25.8. The molecule has 0 fully saturated rings. The summed E-state index contributed by atoms with van der Waals surface area (Å²) >= 11 is 0. The number of carboxylic acids is 4. The summed E-state index contributed by atoms with van der Waals surface area (Å²) in [5, 5.41) is 46.3. The summed E-state index contributed by atoms with van der Waals surface area (Å²) in [4.78, 5) is 46.3. The van der Waals surface area contributed by atoms with E-state index >= 15 is 0 Å². The zero-order chi connectivity index (χ0) is 40.8. The van der Waals surface area contributed by atoms with Gasteiger partial charge < -0.3 is 48.4 Å². The maximum Gasteiger partial charge on any atom is 2.00 e. The molecule has 12 heteroatoms. The van der Waals surface area contributed by atoms with Gasteiger partial charge in [-0.05, 0) is 36.5 Å². The Kier molecular flexibility index (Phi) is 30.5. The van der Waals surface area contributed by atoms with Gasteiger partial charge in [-0.15, -0.1) is 0 Å². The van der Waals surface area contributed by atoms with Crippen molar-refractivity contribution in [3.8, 4) is 0 Å². The topological polar surface area (TPSA) is 187 Å². The van der Waals surface area contributed by atoms with E-state index in [0.29, 0.717) is 72.0 Å². The molecule has 323 valence electrons. The van der Waals surface area contributed by atoms with Gasteiger partial charge in [-0.2, -0.15) is 0 Å². The Morgan fingerprint density at radius 3 is 0.893 bits per heavy atom. The third-order valence-corrected chi connectivity index (χ3v) is 11.1. The summed E-state index contributed by atoms with van der Waals surface area (Å²) in [5.74, 6) is -5.09. The van der Waals surface area contributed by atoms with E-state index in [2.05, 4.69) is 55.4 Å². The van der Waals surface area contributed by atoms with Gasteiger partial charge in [0.2, 0.25) is 0 Å². The second kappa shape index (κ2) is 30.7. The predicted molar refractivity (Wildman–Crippen MR) is 203 cm³/mol. The number of aromatic carboxylic acids is 4. The molecule has 4 atom stereocenters. The molecule has 2 aromatic rings. The molecule has 56 heavy (non-hydrogen) atoms. The number of furan rings is 2. The zero-order valence-electron chi connectivity index (χ0n) is 35.2. The fourth-order valence-electron chi connectivity index (χ4n) is 7.38. The predicted octanol–water partition coefficient (Wildman–Crippen LogP) is 7.04. The Morgan fingerprint density at radius 2 is 0.696 bits per heavy atom. The Bertz CT molecular complexity index is 1320. The molecule has 2 aromatic heterocycles. The number of unbranched alkanes of at least 4 members (excludes halogenated alkanes) is 4. The Hall–Kier alpha value is -2.37. The van der Waals surface area contributed by atoms with Crippen molar-refractivity contribution in [3.63, 3.8) is 0 Å². The molecule has 1 radical (unpaired) electrons. The van der Waals surface area contributed by atoms with Gasteiger partial charge in [-0.25, -0.2) is 0 Å². The molecule has 0 aliphatic heterocycles. The first-order valence-corrected chi connectivity index (χ1v) is 20.9. The first kappa shape index (κ1) is 55.7. The zero-order valence-corrected chi connectivity index (χ0v) is 38.5. The minimum Gasteiger partial charge on any atom is -0.545 e. The van der Waals surface area contributed by atoms with E-state index < -0.39 is 35.4 Å². The van der Waals surface area contributed by atoms with Crippen molar-refractivity contribution >= 4 is 23.9 Å². The normalized spacial score (nSPS) is 13.0. The second-order valence-corrected chi connectivity index (χ2v) is 15.0. The van der Waals surface area contributed by atoms with Crippen LogP contribution in [0.3, 0.4) is 0 Å². The third kappa shape index (κ3) is 18.1. The summed E-state index contributed by atoms with van der Waals surface area (Å²) in [7, 11) is 0. The molecule has 0 saturated heterocycles. The van der Waals surface area contributed by atoms with Crippen molar-refractivity contribution in [3.05, 3.63) is 45.3 Å². The molecule has 2 rings (SSSR count). The van der Waals surface area contributed by atoms with Crippen LogP contribution in [0.1, 0.15) is 223 Å². The van der Waals surface area contributed by atoms with Crippen LogP contribution in [0.5, 0.6) is 0 Å². The fraction of sp³-hybridized carbons (Fsp3) is 0.727. The number of carboxylic acid groups (broad SMARTS) is 4. The summed E-state index contributed by atoms with van der Waals surface area (Å²) in [6.45, 7) is 16.9. The SMILES string of the molecule is CCCCC(CC)Cc1oc(C(=O)[O-])c(C(=O)[O-])c1CC(CC)CCCC.CCCCC(CC)Cc1oc(C(=O)[O-])c(C(=O)[O-])c1CC(CC)CCCC.[Co+2].[Pt+2]. The molecule has 10 nitrogen and oxygen atoms in total. The molecular formula is C44H68CoO10Pt. The maximum absolute atomic E-state index is 11.7. The van der Waals surface area contributed by atoms with Crippen LogP contribution in [0, 0.1) is 23.7 Å². The van der Waals surface area contributed by atoms with E-state index in [0.717, 1.165) is 103 Å². The maximum atomic E-state index is 11.7. The molecule has 0 amide bonds. The summed E-state index contributed by atoms with van der Waals surface area (Å²) in [5.41, 5.74) is 0.384. The molecule has 0 N–H and O–H groups in total. The molecule has 2 heterocycles. The minimum absolute atomic E-state index is 0. The van der Waals surface area contributed by atoms with Gasteiger partial charge in [-0.3, -0.25) is 0 Å². The quantitative estimate of drug-likeness (QED) is 0.0856. The average molecular weight is 1010 g/mol. The Balaban J connectivity index is 0. The van der Waals surface area contributed by atoms with Gasteiger partial charge in [0.1, 0.15) is 23.5 Å². The molecule has 0 aliphatic carbocycles. The molecule has 0 saturated carbocycles. The molecule has 0 aromatic carbocycles. The summed E-state index contributed by atoms with van der Waals surface area (Å²) in [6.07, 6.45) is 18.4. The van der Waals surface area contributed by atoms with Gasteiger partial charge in [0, 0.05) is 35.1 Å². The van der Waals surface area contributed by atoms with Crippen LogP contribution in [0.15, 0.2) is 8.83 Å². The smallest absolute Gasteiger partial charge is 0.545 e. The van der Waals surface area contributed by atoms with E-state index in [1.54, 1.807) is 0 Å². The van der Waals surface area contributed by atoms with E-state index in [1.165, 1.54) is 0 Å². The molecule has 0 bridgehead atoms. The van der Waals surface area contributed by atoms with Gasteiger partial charge in [0.05, 0.1) is 11.9 Å². The Morgan fingerprint density at radius 1 is 0.446 bits per heavy atom. The van der Waals surface area contributed by atoms with Crippen molar-refractivity contribution in [2.75, 3.05) is 0 Å². The second-order valence-electron chi connectivity index (χ2n) is 15.0.